The van der Waals surface area contributed by atoms with Crippen molar-refractivity contribution in [1.29, 1.82) is 0 Å². The highest BCUT2D eigenvalue weighted by Gasteiger charge is 2.36. The van der Waals surface area contributed by atoms with E-state index in [1.165, 1.54) is 0 Å². The number of rotatable bonds is 4. The molecule has 1 aliphatic heterocycles. The Labute approximate surface area is 147 Å². The lowest BCUT2D eigenvalue weighted by molar-refractivity contribution is -0.136. The molecular formula is C18H27N3O2S. The quantitative estimate of drug-likeness (QED) is 0.909. The average Bonchev–Trinajstić information content (AvgIpc) is 3.28. The van der Waals surface area contributed by atoms with Crippen LogP contribution in [-0.2, 0) is 21.5 Å². The molecule has 6 heteroatoms. The van der Waals surface area contributed by atoms with Crippen molar-refractivity contribution in [3.63, 3.8) is 0 Å². The summed E-state index contributed by atoms with van der Waals surface area (Å²) in [7, 11) is 0. The number of thiazole rings is 1. The molecule has 1 N–H and O–H groups in total. The molecule has 2 heterocycles. The van der Waals surface area contributed by atoms with Crippen LogP contribution in [0.1, 0.15) is 57.2 Å². The second-order valence-corrected chi connectivity index (χ2v) is 8.93. The minimum Gasteiger partial charge on any atom is -0.349 e. The van der Waals surface area contributed by atoms with Gasteiger partial charge in [-0.15, -0.1) is 11.3 Å². The zero-order valence-corrected chi connectivity index (χ0v) is 15.6. The van der Waals surface area contributed by atoms with Crippen molar-refractivity contribution in [2.24, 2.45) is 11.8 Å². The standard InChI is InChI=1S/C18H27N3O2S/c1-18(2,3)14-11-24-15(20-14)9-19-16(22)13-5-4-8-21(10-13)17(23)12-6-7-12/h11-13H,4-10H2,1-3H3,(H,19,22)/t13-/m0/s1. The fraction of sp³-hybridized carbons (Fsp3) is 0.722. The summed E-state index contributed by atoms with van der Waals surface area (Å²) in [5, 5.41) is 6.02. The van der Waals surface area contributed by atoms with Gasteiger partial charge in [-0.1, -0.05) is 20.8 Å². The van der Waals surface area contributed by atoms with Crippen LogP contribution in [0.15, 0.2) is 5.38 Å². The molecule has 1 atom stereocenters. The maximum absolute atomic E-state index is 12.5. The van der Waals surface area contributed by atoms with Gasteiger partial charge >= 0.3 is 0 Å². The summed E-state index contributed by atoms with van der Waals surface area (Å²) >= 11 is 1.59. The summed E-state index contributed by atoms with van der Waals surface area (Å²) < 4.78 is 0. The Kier molecular flexibility index (Phi) is 4.95. The summed E-state index contributed by atoms with van der Waals surface area (Å²) in [6, 6.07) is 0. The maximum Gasteiger partial charge on any atom is 0.225 e. The second-order valence-electron chi connectivity index (χ2n) is 7.99. The summed E-state index contributed by atoms with van der Waals surface area (Å²) in [6.07, 6.45) is 3.83. The molecule has 0 radical (unpaired) electrons. The molecule has 1 aromatic heterocycles. The molecular weight excluding hydrogens is 322 g/mol. The number of aromatic nitrogens is 1. The highest BCUT2D eigenvalue weighted by molar-refractivity contribution is 7.09. The van der Waals surface area contributed by atoms with Crippen LogP contribution < -0.4 is 5.32 Å². The van der Waals surface area contributed by atoms with E-state index in [2.05, 4.69) is 36.5 Å². The smallest absolute Gasteiger partial charge is 0.225 e. The Balaban J connectivity index is 1.51. The van der Waals surface area contributed by atoms with Crippen LogP contribution in [0.4, 0.5) is 0 Å². The number of carbonyl (C=O) groups excluding carboxylic acids is 2. The lowest BCUT2D eigenvalue weighted by Crippen LogP contribution is -2.45. The average molecular weight is 350 g/mol. The molecule has 2 fully saturated rings. The first-order chi connectivity index (χ1) is 11.3. The Morgan fingerprint density at radius 3 is 2.67 bits per heavy atom. The van der Waals surface area contributed by atoms with E-state index in [9.17, 15) is 9.59 Å². The normalized spacial score (nSPS) is 21.6. The summed E-state index contributed by atoms with van der Waals surface area (Å²) in [4.78, 5) is 31.2. The zero-order valence-electron chi connectivity index (χ0n) is 14.8. The molecule has 132 valence electrons. The molecule has 1 aliphatic carbocycles. The summed E-state index contributed by atoms with van der Waals surface area (Å²) in [6.45, 7) is 8.27. The predicted octanol–water partition coefficient (Wildman–Crippen LogP) is 2.71. The van der Waals surface area contributed by atoms with E-state index in [1.807, 2.05) is 4.90 Å². The van der Waals surface area contributed by atoms with Gasteiger partial charge in [-0.2, -0.15) is 0 Å². The van der Waals surface area contributed by atoms with Crippen LogP contribution in [0, 0.1) is 11.8 Å². The van der Waals surface area contributed by atoms with Crippen molar-refractivity contribution >= 4 is 23.2 Å². The Hall–Kier alpha value is -1.43. The number of hydrogen-bond acceptors (Lipinski definition) is 4. The van der Waals surface area contributed by atoms with E-state index in [0.717, 1.165) is 42.9 Å². The van der Waals surface area contributed by atoms with Gasteiger partial charge in [0.2, 0.25) is 11.8 Å². The van der Waals surface area contributed by atoms with Crippen molar-refractivity contribution in [3.05, 3.63) is 16.1 Å². The van der Waals surface area contributed by atoms with E-state index in [1.54, 1.807) is 11.3 Å². The predicted molar refractivity (Wildman–Crippen MR) is 94.7 cm³/mol. The van der Waals surface area contributed by atoms with Crippen molar-refractivity contribution in [2.75, 3.05) is 13.1 Å². The van der Waals surface area contributed by atoms with Crippen molar-refractivity contribution in [2.45, 2.75) is 58.4 Å². The van der Waals surface area contributed by atoms with E-state index < -0.39 is 0 Å². The topological polar surface area (TPSA) is 62.3 Å². The fourth-order valence-corrected chi connectivity index (χ4v) is 3.98. The van der Waals surface area contributed by atoms with Gasteiger partial charge in [0.05, 0.1) is 18.2 Å². The minimum absolute atomic E-state index is 0.0335. The maximum atomic E-state index is 12.5. The molecule has 2 amide bonds. The Morgan fingerprint density at radius 2 is 2.04 bits per heavy atom. The Bertz CT molecular complexity index is 616. The van der Waals surface area contributed by atoms with Gasteiger partial charge < -0.3 is 10.2 Å². The molecule has 1 aromatic rings. The SMILES string of the molecule is CC(C)(C)c1csc(CNC(=O)[C@H]2CCCN(C(=O)C3CC3)C2)n1. The van der Waals surface area contributed by atoms with Crippen LogP contribution in [0.5, 0.6) is 0 Å². The highest BCUT2D eigenvalue weighted by atomic mass is 32.1. The van der Waals surface area contributed by atoms with Gasteiger partial charge in [0.15, 0.2) is 0 Å². The molecule has 1 saturated carbocycles. The fourth-order valence-electron chi connectivity index (χ4n) is 3.02. The van der Waals surface area contributed by atoms with E-state index in [-0.39, 0.29) is 29.1 Å². The van der Waals surface area contributed by atoms with Crippen molar-refractivity contribution in [3.8, 4) is 0 Å². The molecule has 0 spiro atoms. The zero-order chi connectivity index (χ0) is 17.3. The lowest BCUT2D eigenvalue weighted by atomic mass is 9.93. The number of nitrogens with zero attached hydrogens (tertiary/aromatic N) is 2. The first-order valence-electron chi connectivity index (χ1n) is 8.86. The van der Waals surface area contributed by atoms with E-state index in [0.29, 0.717) is 13.1 Å². The van der Waals surface area contributed by atoms with Crippen molar-refractivity contribution < 1.29 is 9.59 Å². The Morgan fingerprint density at radius 1 is 1.29 bits per heavy atom. The van der Waals surface area contributed by atoms with Gasteiger partial charge in [0.1, 0.15) is 5.01 Å². The summed E-state index contributed by atoms with van der Waals surface area (Å²) in [5.41, 5.74) is 1.10. The van der Waals surface area contributed by atoms with Crippen LogP contribution in [0.2, 0.25) is 0 Å². The third-order valence-corrected chi connectivity index (χ3v) is 5.61. The molecule has 5 nitrogen and oxygen atoms in total. The molecule has 0 bridgehead atoms. The number of carbonyl (C=O) groups is 2. The third-order valence-electron chi connectivity index (χ3n) is 4.76. The van der Waals surface area contributed by atoms with Gasteiger partial charge in [-0.3, -0.25) is 9.59 Å². The highest BCUT2D eigenvalue weighted by Crippen LogP contribution is 2.32. The van der Waals surface area contributed by atoms with Crippen molar-refractivity contribution in [1.82, 2.24) is 15.2 Å². The van der Waals surface area contributed by atoms with Crippen LogP contribution in [0.25, 0.3) is 0 Å². The van der Waals surface area contributed by atoms with Crippen LogP contribution >= 0.6 is 11.3 Å². The van der Waals surface area contributed by atoms with Gasteiger partial charge in [0, 0.05) is 29.8 Å². The minimum atomic E-state index is -0.0801. The summed E-state index contributed by atoms with van der Waals surface area (Å²) in [5.74, 6) is 0.458. The number of likely N-dealkylation sites (tertiary alicyclic amines) is 1. The second kappa shape index (κ2) is 6.82. The number of hydrogen-bond donors (Lipinski definition) is 1. The van der Waals surface area contributed by atoms with E-state index >= 15 is 0 Å². The molecule has 1 saturated heterocycles. The molecule has 2 aliphatic rings. The first-order valence-corrected chi connectivity index (χ1v) is 9.74. The van der Waals surface area contributed by atoms with Crippen LogP contribution in [-0.4, -0.2) is 34.8 Å². The molecule has 0 unspecified atom stereocenters. The number of nitrogens with one attached hydrogen (secondary N) is 1. The first kappa shape index (κ1) is 17.4. The lowest BCUT2D eigenvalue weighted by Gasteiger charge is -2.32. The largest absolute Gasteiger partial charge is 0.349 e. The third kappa shape index (κ3) is 4.15. The number of piperidine rings is 1. The van der Waals surface area contributed by atoms with Gasteiger partial charge in [0.25, 0.3) is 0 Å². The van der Waals surface area contributed by atoms with Crippen LogP contribution in [0.3, 0.4) is 0 Å². The van der Waals surface area contributed by atoms with Gasteiger partial charge in [-0.05, 0) is 25.7 Å². The number of amides is 2. The molecule has 3 rings (SSSR count). The molecule has 24 heavy (non-hydrogen) atoms. The van der Waals surface area contributed by atoms with Gasteiger partial charge in [-0.25, -0.2) is 4.98 Å². The van der Waals surface area contributed by atoms with E-state index in [4.69, 9.17) is 0 Å². The molecule has 0 aromatic carbocycles. The monoisotopic (exact) mass is 349 g/mol.